The number of hydrogen-bond acceptors (Lipinski definition) is 3. The van der Waals surface area contributed by atoms with Crippen LogP contribution in [-0.2, 0) is 14.8 Å². The minimum atomic E-state index is -3.96. The summed E-state index contributed by atoms with van der Waals surface area (Å²) in [6, 6.07) is 9.87. The second-order valence-corrected chi connectivity index (χ2v) is 6.78. The van der Waals surface area contributed by atoms with Gasteiger partial charge in [-0.05, 0) is 36.2 Å². The molecule has 0 heterocycles. The van der Waals surface area contributed by atoms with Crippen molar-refractivity contribution in [2.45, 2.75) is 17.9 Å². The third kappa shape index (κ3) is 4.13. The Kier molecular flexibility index (Phi) is 5.46. The van der Waals surface area contributed by atoms with Crippen LogP contribution in [0.1, 0.15) is 17.2 Å². The molecule has 7 heteroatoms. The lowest BCUT2D eigenvalue weighted by Gasteiger charge is -2.18. The van der Waals surface area contributed by atoms with Gasteiger partial charge in [0.25, 0.3) is 0 Å². The number of ether oxygens (including phenoxy) is 1. The Labute approximate surface area is 134 Å². The lowest BCUT2D eigenvalue weighted by molar-refractivity contribution is 0.107. The van der Waals surface area contributed by atoms with E-state index in [-0.39, 0.29) is 11.4 Å². The highest BCUT2D eigenvalue weighted by atomic mass is 32.2. The first-order chi connectivity index (χ1) is 10.8. The Morgan fingerprint density at radius 3 is 2.43 bits per heavy atom. The fourth-order valence-electron chi connectivity index (χ4n) is 2.18. The molecule has 0 radical (unpaired) electrons. The Bertz CT molecular complexity index is 794. The highest BCUT2D eigenvalue weighted by Crippen LogP contribution is 2.21. The van der Waals surface area contributed by atoms with Crippen LogP contribution in [0.4, 0.5) is 8.78 Å². The van der Waals surface area contributed by atoms with E-state index in [2.05, 4.69) is 4.72 Å². The van der Waals surface area contributed by atoms with E-state index in [9.17, 15) is 17.2 Å². The third-order valence-electron chi connectivity index (χ3n) is 3.48. The SMILES string of the molecule is CO[C@H](CNS(=O)(=O)c1ccc(F)c(F)c1)c1ccccc1C. The quantitative estimate of drug-likeness (QED) is 0.879. The van der Waals surface area contributed by atoms with Crippen molar-refractivity contribution in [2.75, 3.05) is 13.7 Å². The van der Waals surface area contributed by atoms with Crippen molar-refractivity contribution < 1.29 is 21.9 Å². The van der Waals surface area contributed by atoms with Gasteiger partial charge < -0.3 is 4.74 Å². The van der Waals surface area contributed by atoms with E-state index in [4.69, 9.17) is 4.74 Å². The normalized spacial score (nSPS) is 13.0. The van der Waals surface area contributed by atoms with Crippen molar-refractivity contribution >= 4 is 10.0 Å². The predicted molar refractivity (Wildman–Crippen MR) is 82.5 cm³/mol. The van der Waals surface area contributed by atoms with Gasteiger partial charge in [-0.2, -0.15) is 0 Å². The van der Waals surface area contributed by atoms with Gasteiger partial charge in [-0.3, -0.25) is 0 Å². The summed E-state index contributed by atoms with van der Waals surface area (Å²) in [7, 11) is -2.49. The molecule has 0 bridgehead atoms. The summed E-state index contributed by atoms with van der Waals surface area (Å²) in [5.41, 5.74) is 1.81. The minimum Gasteiger partial charge on any atom is -0.375 e. The van der Waals surface area contributed by atoms with Crippen molar-refractivity contribution in [1.29, 1.82) is 0 Å². The average Bonchev–Trinajstić information content (AvgIpc) is 2.52. The van der Waals surface area contributed by atoms with Gasteiger partial charge in [0, 0.05) is 13.7 Å². The third-order valence-corrected chi connectivity index (χ3v) is 4.90. The average molecular weight is 341 g/mol. The fraction of sp³-hybridized carbons (Fsp3) is 0.250. The molecule has 2 aromatic carbocycles. The number of nitrogens with one attached hydrogen (secondary N) is 1. The highest BCUT2D eigenvalue weighted by Gasteiger charge is 2.20. The van der Waals surface area contributed by atoms with Crippen molar-refractivity contribution in [3.05, 3.63) is 65.2 Å². The molecule has 0 unspecified atom stereocenters. The fourth-order valence-corrected chi connectivity index (χ4v) is 3.22. The number of methoxy groups -OCH3 is 1. The maximum Gasteiger partial charge on any atom is 0.240 e. The van der Waals surface area contributed by atoms with Crippen molar-refractivity contribution in [3.8, 4) is 0 Å². The highest BCUT2D eigenvalue weighted by molar-refractivity contribution is 7.89. The van der Waals surface area contributed by atoms with E-state index < -0.39 is 27.8 Å². The second kappa shape index (κ2) is 7.16. The molecule has 0 aliphatic rings. The van der Waals surface area contributed by atoms with E-state index in [1.807, 2.05) is 31.2 Å². The van der Waals surface area contributed by atoms with Gasteiger partial charge >= 0.3 is 0 Å². The maximum atomic E-state index is 13.2. The summed E-state index contributed by atoms with van der Waals surface area (Å²) in [5.74, 6) is -2.31. The molecule has 124 valence electrons. The molecule has 2 aromatic rings. The number of hydrogen-bond donors (Lipinski definition) is 1. The van der Waals surface area contributed by atoms with E-state index in [0.29, 0.717) is 6.07 Å². The Balaban J connectivity index is 2.17. The van der Waals surface area contributed by atoms with Crippen LogP contribution in [0.3, 0.4) is 0 Å². The lowest BCUT2D eigenvalue weighted by atomic mass is 10.0. The van der Waals surface area contributed by atoms with E-state index in [1.165, 1.54) is 7.11 Å². The van der Waals surface area contributed by atoms with Gasteiger partial charge in [0.05, 0.1) is 11.0 Å². The molecule has 0 aliphatic carbocycles. The molecule has 4 nitrogen and oxygen atoms in total. The van der Waals surface area contributed by atoms with Gasteiger partial charge in [-0.15, -0.1) is 0 Å². The molecule has 1 atom stereocenters. The van der Waals surface area contributed by atoms with Crippen LogP contribution in [0.15, 0.2) is 47.4 Å². The summed E-state index contributed by atoms with van der Waals surface area (Å²) in [4.78, 5) is -0.337. The lowest BCUT2D eigenvalue weighted by Crippen LogP contribution is -2.29. The van der Waals surface area contributed by atoms with Crippen LogP contribution in [-0.4, -0.2) is 22.1 Å². The number of halogens is 2. The summed E-state index contributed by atoms with van der Waals surface area (Å²) >= 11 is 0. The standard InChI is InChI=1S/C16H17F2NO3S/c1-11-5-3-4-6-13(11)16(22-2)10-19-23(20,21)12-7-8-14(17)15(18)9-12/h3-9,16,19H,10H2,1-2H3/t16-/m1/s1. The van der Waals surface area contributed by atoms with E-state index >= 15 is 0 Å². The van der Waals surface area contributed by atoms with Crippen LogP contribution in [0.5, 0.6) is 0 Å². The van der Waals surface area contributed by atoms with Gasteiger partial charge in [0.15, 0.2) is 11.6 Å². The molecular formula is C16H17F2NO3S. The first-order valence-corrected chi connectivity index (χ1v) is 8.36. The number of benzene rings is 2. The topological polar surface area (TPSA) is 55.4 Å². The number of rotatable bonds is 6. The predicted octanol–water partition coefficient (Wildman–Crippen LogP) is 2.94. The first-order valence-electron chi connectivity index (χ1n) is 6.88. The van der Waals surface area contributed by atoms with Crippen LogP contribution < -0.4 is 4.72 Å². The van der Waals surface area contributed by atoms with Crippen LogP contribution >= 0.6 is 0 Å². The Morgan fingerprint density at radius 2 is 1.83 bits per heavy atom. The second-order valence-electron chi connectivity index (χ2n) is 5.01. The van der Waals surface area contributed by atoms with Gasteiger partial charge in [0.2, 0.25) is 10.0 Å². The molecule has 1 N–H and O–H groups in total. The van der Waals surface area contributed by atoms with Crippen molar-refractivity contribution in [3.63, 3.8) is 0 Å². The van der Waals surface area contributed by atoms with Crippen molar-refractivity contribution in [2.24, 2.45) is 0 Å². The van der Waals surface area contributed by atoms with E-state index in [0.717, 1.165) is 23.3 Å². The molecule has 0 amide bonds. The summed E-state index contributed by atoms with van der Waals surface area (Å²) in [5, 5.41) is 0. The number of sulfonamides is 1. The van der Waals surface area contributed by atoms with Crippen LogP contribution in [0.2, 0.25) is 0 Å². The smallest absolute Gasteiger partial charge is 0.240 e. The largest absolute Gasteiger partial charge is 0.375 e. The van der Waals surface area contributed by atoms with Gasteiger partial charge in [-0.1, -0.05) is 24.3 Å². The van der Waals surface area contributed by atoms with E-state index in [1.54, 1.807) is 0 Å². The summed E-state index contributed by atoms with van der Waals surface area (Å²) in [6.07, 6.45) is -0.490. The summed E-state index contributed by atoms with van der Waals surface area (Å²) in [6.45, 7) is 1.87. The molecule has 0 aromatic heterocycles. The van der Waals surface area contributed by atoms with Crippen LogP contribution in [0, 0.1) is 18.6 Å². The molecule has 0 fully saturated rings. The monoisotopic (exact) mass is 341 g/mol. The zero-order valence-electron chi connectivity index (χ0n) is 12.7. The molecule has 2 rings (SSSR count). The molecule has 0 spiro atoms. The zero-order chi connectivity index (χ0) is 17.0. The zero-order valence-corrected chi connectivity index (χ0v) is 13.5. The number of aryl methyl sites for hydroxylation is 1. The Morgan fingerprint density at radius 1 is 1.13 bits per heavy atom. The van der Waals surface area contributed by atoms with Gasteiger partial charge in [-0.25, -0.2) is 21.9 Å². The molecule has 23 heavy (non-hydrogen) atoms. The van der Waals surface area contributed by atoms with Crippen molar-refractivity contribution in [1.82, 2.24) is 4.72 Å². The molecule has 0 saturated carbocycles. The summed E-state index contributed by atoms with van der Waals surface area (Å²) < 4.78 is 58.2. The molecule has 0 saturated heterocycles. The maximum absolute atomic E-state index is 13.2. The first kappa shape index (κ1) is 17.5. The Hall–Kier alpha value is -1.83. The minimum absolute atomic E-state index is 0.0251. The molecule has 0 aliphatic heterocycles. The van der Waals surface area contributed by atoms with Crippen LogP contribution in [0.25, 0.3) is 0 Å². The van der Waals surface area contributed by atoms with Gasteiger partial charge in [0.1, 0.15) is 0 Å². The molecular weight excluding hydrogens is 324 g/mol.